The van der Waals surface area contributed by atoms with E-state index in [9.17, 15) is 4.79 Å². The fraction of sp³-hybridized carbons (Fsp3) is 0.345. The molecule has 0 aromatic heterocycles. The molecule has 1 aliphatic rings. The minimum Gasteiger partial charge on any atom is -0.491 e. The van der Waals surface area contributed by atoms with E-state index in [1.165, 1.54) is 11.1 Å². The monoisotopic (exact) mass is 494 g/mol. The summed E-state index contributed by atoms with van der Waals surface area (Å²) in [5.41, 5.74) is 2.99. The molecule has 0 saturated heterocycles. The summed E-state index contributed by atoms with van der Waals surface area (Å²) in [6.07, 6.45) is 3.58. The van der Waals surface area contributed by atoms with E-state index in [1.54, 1.807) is 0 Å². The van der Waals surface area contributed by atoms with E-state index in [4.69, 9.17) is 9.47 Å². The Labute approximate surface area is 214 Å². The number of hydrogen-bond acceptors (Lipinski definition) is 4. The van der Waals surface area contributed by atoms with Crippen molar-refractivity contribution in [3.8, 4) is 5.75 Å². The summed E-state index contributed by atoms with van der Waals surface area (Å²) < 4.78 is 12.2. The first-order valence-electron chi connectivity index (χ1n) is 12.2. The number of halogens is 1. The molecule has 0 fully saturated rings. The maximum Gasteiger partial charge on any atom is 0.255 e. The number of hydrogen-bond donors (Lipinski definition) is 2. The summed E-state index contributed by atoms with van der Waals surface area (Å²) in [4.78, 5) is 13.3. The molecule has 3 aromatic carbocycles. The number of para-hydroxylation sites is 1. The molecule has 186 valence electrons. The predicted molar refractivity (Wildman–Crippen MR) is 143 cm³/mol. The Kier molecular flexibility index (Phi) is 11.1. The number of amides is 1. The van der Waals surface area contributed by atoms with Gasteiger partial charge in [0, 0.05) is 12.6 Å². The Morgan fingerprint density at radius 3 is 2.09 bits per heavy atom. The van der Waals surface area contributed by atoms with Crippen LogP contribution in [-0.4, -0.2) is 44.4 Å². The van der Waals surface area contributed by atoms with Crippen LogP contribution in [0.1, 0.15) is 34.3 Å². The van der Waals surface area contributed by atoms with Gasteiger partial charge in [0.2, 0.25) is 0 Å². The second kappa shape index (κ2) is 14.5. The molecule has 1 amide bonds. The number of fused-ring (bicyclic) bond motifs is 1. The molecule has 2 atom stereocenters. The van der Waals surface area contributed by atoms with Crippen LogP contribution in [-0.2, 0) is 17.6 Å². The lowest BCUT2D eigenvalue weighted by Gasteiger charge is -2.21. The summed E-state index contributed by atoms with van der Waals surface area (Å²) in [5.74, 6) is 0.469. The molecule has 5 nitrogen and oxygen atoms in total. The molecule has 0 spiro atoms. The highest BCUT2D eigenvalue weighted by atomic mass is 35.5. The van der Waals surface area contributed by atoms with E-state index >= 15 is 0 Å². The van der Waals surface area contributed by atoms with Gasteiger partial charge in [-0.2, -0.15) is 0 Å². The molecule has 35 heavy (non-hydrogen) atoms. The van der Waals surface area contributed by atoms with Crippen molar-refractivity contribution in [1.29, 1.82) is 0 Å². The Balaban J connectivity index is 0.00000342. The van der Waals surface area contributed by atoms with Crippen molar-refractivity contribution in [2.75, 3.05) is 26.4 Å². The Morgan fingerprint density at radius 2 is 1.37 bits per heavy atom. The largest absolute Gasteiger partial charge is 0.491 e. The van der Waals surface area contributed by atoms with E-state index < -0.39 is 0 Å². The van der Waals surface area contributed by atoms with Crippen molar-refractivity contribution in [2.24, 2.45) is 0 Å². The zero-order valence-electron chi connectivity index (χ0n) is 20.0. The van der Waals surface area contributed by atoms with Crippen molar-refractivity contribution in [3.63, 3.8) is 0 Å². The van der Waals surface area contributed by atoms with Gasteiger partial charge in [-0.3, -0.25) is 4.79 Å². The topological polar surface area (TPSA) is 59.6 Å². The van der Waals surface area contributed by atoms with Gasteiger partial charge in [-0.25, -0.2) is 0 Å². The Morgan fingerprint density at radius 1 is 0.743 bits per heavy atom. The van der Waals surface area contributed by atoms with Crippen LogP contribution >= 0.6 is 12.4 Å². The average Bonchev–Trinajstić information content (AvgIpc) is 2.87. The number of nitrogens with one attached hydrogen (secondary N) is 2. The lowest BCUT2D eigenvalue weighted by Crippen LogP contribution is -2.40. The highest BCUT2D eigenvalue weighted by Gasteiger charge is 2.19. The molecule has 3 aromatic rings. The Hall–Kier alpha value is -2.86. The van der Waals surface area contributed by atoms with Gasteiger partial charge in [0.15, 0.2) is 0 Å². The van der Waals surface area contributed by atoms with Crippen molar-refractivity contribution >= 4 is 18.3 Å². The molecule has 0 aliphatic carbocycles. The predicted octanol–water partition coefficient (Wildman–Crippen LogP) is 4.84. The highest BCUT2D eigenvalue weighted by Crippen LogP contribution is 2.19. The first-order chi connectivity index (χ1) is 16.8. The summed E-state index contributed by atoms with van der Waals surface area (Å²) in [6.45, 7) is 2.55. The van der Waals surface area contributed by atoms with Gasteiger partial charge in [0.05, 0.1) is 18.2 Å². The van der Waals surface area contributed by atoms with Crippen LogP contribution in [0.25, 0.3) is 0 Å². The minimum atomic E-state index is -0.137. The van der Waals surface area contributed by atoms with Crippen molar-refractivity contribution < 1.29 is 14.3 Å². The minimum absolute atomic E-state index is 0. The Bertz CT molecular complexity index is 1020. The van der Waals surface area contributed by atoms with Crippen molar-refractivity contribution in [3.05, 3.63) is 102 Å². The zero-order chi connectivity index (χ0) is 23.4. The third-order valence-electron chi connectivity index (χ3n) is 6.02. The van der Waals surface area contributed by atoms with E-state index in [0.717, 1.165) is 32.2 Å². The first kappa shape index (κ1) is 26.7. The normalized spacial score (nSPS) is 19.6. The number of ether oxygens (including phenoxy) is 2. The van der Waals surface area contributed by atoms with Crippen molar-refractivity contribution in [1.82, 2.24) is 10.6 Å². The van der Waals surface area contributed by atoms with Crippen molar-refractivity contribution in [2.45, 2.75) is 37.8 Å². The van der Waals surface area contributed by atoms with Crippen LogP contribution < -0.4 is 15.4 Å². The van der Waals surface area contributed by atoms with Gasteiger partial charge < -0.3 is 20.1 Å². The molecule has 6 heteroatoms. The zero-order valence-corrected chi connectivity index (χ0v) is 20.8. The second-order valence-corrected chi connectivity index (χ2v) is 8.79. The number of carbonyl (C=O) groups excluding carboxylic acids is 1. The van der Waals surface area contributed by atoms with Gasteiger partial charge >= 0.3 is 0 Å². The number of benzene rings is 3. The van der Waals surface area contributed by atoms with Gasteiger partial charge in [0.25, 0.3) is 5.91 Å². The SMILES string of the molecule is Cl.O=C1N[C@@H](Cc2ccccc2)COCCCCN[C@@H](Cc2ccccc2)COc2ccccc21. The molecule has 2 N–H and O–H groups in total. The third-order valence-corrected chi connectivity index (χ3v) is 6.02. The number of carbonyl (C=O) groups is 1. The molecule has 0 bridgehead atoms. The third kappa shape index (κ3) is 8.70. The standard InChI is InChI=1S/C29H34N2O3.ClH/c32-29-27-15-7-8-16-28(27)34-22-25(19-23-11-3-1-4-12-23)30-17-9-10-18-33-21-26(31-29)20-24-13-5-2-6-14-24;/h1-8,11-16,25-26,30H,9-10,17-22H2,(H,31,32);1H/t25-,26-;/m0./s1. The molecule has 1 aliphatic heterocycles. The van der Waals surface area contributed by atoms with E-state index in [2.05, 4.69) is 47.0 Å². The average molecular weight is 495 g/mol. The summed E-state index contributed by atoms with van der Waals surface area (Å²) in [6, 6.07) is 28.1. The maximum absolute atomic E-state index is 13.3. The van der Waals surface area contributed by atoms with E-state index in [0.29, 0.717) is 31.1 Å². The molecule has 0 unspecified atom stereocenters. The smallest absolute Gasteiger partial charge is 0.255 e. The molecule has 0 saturated carbocycles. The van der Waals surface area contributed by atoms with E-state index in [1.807, 2.05) is 48.5 Å². The lowest BCUT2D eigenvalue weighted by molar-refractivity contribution is 0.0827. The van der Waals surface area contributed by atoms with Crippen LogP contribution in [0.5, 0.6) is 5.75 Å². The fourth-order valence-electron chi connectivity index (χ4n) is 4.23. The molecule has 0 radical (unpaired) electrons. The fourth-order valence-corrected chi connectivity index (χ4v) is 4.23. The van der Waals surface area contributed by atoms with Gasteiger partial charge in [-0.15, -0.1) is 12.4 Å². The van der Waals surface area contributed by atoms with E-state index in [-0.39, 0.29) is 30.4 Å². The number of rotatable bonds is 4. The van der Waals surface area contributed by atoms with Gasteiger partial charge in [0.1, 0.15) is 12.4 Å². The first-order valence-corrected chi connectivity index (χ1v) is 12.2. The van der Waals surface area contributed by atoms with Crippen LogP contribution in [0.15, 0.2) is 84.9 Å². The highest BCUT2D eigenvalue weighted by molar-refractivity contribution is 5.97. The second-order valence-electron chi connectivity index (χ2n) is 8.79. The van der Waals surface area contributed by atoms with Crippen LogP contribution in [0.3, 0.4) is 0 Å². The maximum atomic E-state index is 13.3. The van der Waals surface area contributed by atoms with Gasteiger partial charge in [-0.05, 0) is 55.5 Å². The lowest BCUT2D eigenvalue weighted by atomic mass is 10.1. The molecule has 4 rings (SSSR count). The molecule has 1 heterocycles. The molecular weight excluding hydrogens is 460 g/mol. The van der Waals surface area contributed by atoms with Gasteiger partial charge in [-0.1, -0.05) is 72.8 Å². The summed E-state index contributed by atoms with van der Waals surface area (Å²) in [5, 5.41) is 6.82. The summed E-state index contributed by atoms with van der Waals surface area (Å²) >= 11 is 0. The summed E-state index contributed by atoms with van der Waals surface area (Å²) in [7, 11) is 0. The van der Waals surface area contributed by atoms with Crippen LogP contribution in [0.4, 0.5) is 0 Å². The van der Waals surface area contributed by atoms with Crippen LogP contribution in [0, 0.1) is 0 Å². The molecular formula is C29H35ClN2O3. The van der Waals surface area contributed by atoms with Crippen LogP contribution in [0.2, 0.25) is 0 Å². The quantitative estimate of drug-likeness (QED) is 0.545.